The number of ether oxygens (including phenoxy) is 2. The highest BCUT2D eigenvalue weighted by molar-refractivity contribution is 5.93. The second kappa shape index (κ2) is 7.77. The van der Waals surface area contributed by atoms with Crippen LogP contribution >= 0.6 is 0 Å². The van der Waals surface area contributed by atoms with Gasteiger partial charge in [-0.1, -0.05) is 19.1 Å². The maximum absolute atomic E-state index is 12.8. The van der Waals surface area contributed by atoms with Gasteiger partial charge in [-0.15, -0.1) is 0 Å². The molecule has 6 heteroatoms. The molecule has 3 rings (SSSR count). The van der Waals surface area contributed by atoms with Gasteiger partial charge in [0, 0.05) is 20.3 Å². The average Bonchev–Trinajstić information content (AvgIpc) is 2.96. The lowest BCUT2D eigenvalue weighted by Gasteiger charge is -2.29. The number of imidazole rings is 1. The molecule has 2 aromatic rings. The lowest BCUT2D eigenvalue weighted by atomic mass is 9.92. The van der Waals surface area contributed by atoms with Crippen molar-refractivity contribution in [2.24, 2.45) is 5.92 Å². The Labute approximate surface area is 142 Å². The van der Waals surface area contributed by atoms with Crippen LogP contribution in [-0.4, -0.2) is 41.9 Å². The molecule has 6 nitrogen and oxygen atoms in total. The first-order chi connectivity index (χ1) is 11.7. The second-order valence-corrected chi connectivity index (χ2v) is 6.12. The molecule has 1 N–H and O–H groups in total. The van der Waals surface area contributed by atoms with Gasteiger partial charge in [0.1, 0.15) is 0 Å². The molecular weight excluding hydrogens is 306 g/mol. The van der Waals surface area contributed by atoms with Crippen molar-refractivity contribution in [2.45, 2.75) is 38.8 Å². The fraction of sp³-hybridized carbons (Fsp3) is 0.556. The number of anilines is 1. The van der Waals surface area contributed by atoms with Crippen LogP contribution in [0.2, 0.25) is 0 Å². The quantitative estimate of drug-likeness (QED) is 0.884. The fourth-order valence-electron chi connectivity index (χ4n) is 3.33. The van der Waals surface area contributed by atoms with Crippen molar-refractivity contribution in [3.8, 4) is 0 Å². The number of para-hydroxylation sites is 2. The van der Waals surface area contributed by atoms with Gasteiger partial charge in [-0.25, -0.2) is 4.98 Å². The Morgan fingerprint density at radius 2 is 2.29 bits per heavy atom. The number of nitrogens with one attached hydrogen (secondary N) is 1. The maximum atomic E-state index is 12.8. The molecule has 1 aromatic carbocycles. The highest BCUT2D eigenvalue weighted by Crippen LogP contribution is 2.26. The van der Waals surface area contributed by atoms with Crippen molar-refractivity contribution in [3.63, 3.8) is 0 Å². The molecule has 1 amide bonds. The number of carbonyl (C=O) groups is 1. The van der Waals surface area contributed by atoms with Crippen LogP contribution in [0.1, 0.15) is 26.2 Å². The summed E-state index contributed by atoms with van der Waals surface area (Å²) in [5, 5.41) is 3.02. The van der Waals surface area contributed by atoms with E-state index >= 15 is 0 Å². The molecule has 1 aromatic heterocycles. The number of aromatic nitrogens is 2. The summed E-state index contributed by atoms with van der Waals surface area (Å²) in [4.78, 5) is 17.3. The Balaban J connectivity index is 1.84. The summed E-state index contributed by atoms with van der Waals surface area (Å²) in [6.07, 6.45) is 2.63. The minimum absolute atomic E-state index is 0.00412. The first-order valence-electron chi connectivity index (χ1n) is 8.61. The number of fused-ring (bicyclic) bond motifs is 1. The van der Waals surface area contributed by atoms with Crippen LogP contribution in [0.4, 0.5) is 5.95 Å². The Morgan fingerprint density at radius 1 is 1.46 bits per heavy atom. The number of rotatable bonds is 6. The lowest BCUT2D eigenvalue weighted by Crippen LogP contribution is -2.38. The minimum atomic E-state index is -0.112. The molecule has 0 radical (unpaired) electrons. The molecule has 1 aliphatic rings. The summed E-state index contributed by atoms with van der Waals surface area (Å²) in [7, 11) is 1.67. The van der Waals surface area contributed by atoms with Crippen molar-refractivity contribution >= 4 is 22.9 Å². The summed E-state index contributed by atoms with van der Waals surface area (Å²) in [6.45, 7) is 4.01. The van der Waals surface area contributed by atoms with Crippen molar-refractivity contribution in [3.05, 3.63) is 24.3 Å². The van der Waals surface area contributed by atoms with Gasteiger partial charge in [0.05, 0.1) is 29.7 Å². The number of benzene rings is 1. The molecule has 1 fully saturated rings. The van der Waals surface area contributed by atoms with Gasteiger partial charge in [0.15, 0.2) is 0 Å². The molecule has 1 saturated heterocycles. The number of methoxy groups -OCH3 is 1. The van der Waals surface area contributed by atoms with Gasteiger partial charge in [-0.05, 0) is 31.4 Å². The third-order valence-electron chi connectivity index (χ3n) is 4.59. The summed E-state index contributed by atoms with van der Waals surface area (Å²) < 4.78 is 12.9. The van der Waals surface area contributed by atoms with E-state index in [2.05, 4.69) is 17.2 Å². The zero-order valence-corrected chi connectivity index (χ0v) is 14.3. The maximum Gasteiger partial charge on any atom is 0.232 e. The van der Waals surface area contributed by atoms with Crippen molar-refractivity contribution < 1.29 is 14.3 Å². The minimum Gasteiger partial charge on any atom is -0.383 e. The van der Waals surface area contributed by atoms with Crippen molar-refractivity contribution in [1.29, 1.82) is 0 Å². The van der Waals surface area contributed by atoms with E-state index in [-0.39, 0.29) is 17.9 Å². The molecule has 2 atom stereocenters. The van der Waals surface area contributed by atoms with Crippen LogP contribution in [0.15, 0.2) is 24.3 Å². The number of amides is 1. The summed E-state index contributed by atoms with van der Waals surface area (Å²) in [5.74, 6) is 0.466. The Kier molecular flexibility index (Phi) is 5.48. The van der Waals surface area contributed by atoms with Crippen LogP contribution < -0.4 is 5.32 Å². The smallest absolute Gasteiger partial charge is 0.232 e. The average molecular weight is 331 g/mol. The molecule has 24 heavy (non-hydrogen) atoms. The lowest BCUT2D eigenvalue weighted by molar-refractivity contribution is -0.129. The van der Waals surface area contributed by atoms with Gasteiger partial charge >= 0.3 is 0 Å². The third-order valence-corrected chi connectivity index (χ3v) is 4.59. The molecule has 0 aliphatic carbocycles. The van der Waals surface area contributed by atoms with E-state index in [1.807, 2.05) is 28.8 Å². The normalized spacial score (nSPS) is 21.1. The number of hydrogen-bond donors (Lipinski definition) is 1. The molecule has 0 spiro atoms. The van der Waals surface area contributed by atoms with Gasteiger partial charge in [-0.2, -0.15) is 0 Å². The Morgan fingerprint density at radius 3 is 3.08 bits per heavy atom. The molecule has 2 unspecified atom stereocenters. The SMILES string of the molecule is CCC1OCCCC1C(=O)Nc1nc2ccccc2n1CCOC. The van der Waals surface area contributed by atoms with Crippen LogP contribution in [0.5, 0.6) is 0 Å². The predicted molar refractivity (Wildman–Crippen MR) is 93.0 cm³/mol. The van der Waals surface area contributed by atoms with Crippen LogP contribution in [0.25, 0.3) is 11.0 Å². The monoisotopic (exact) mass is 331 g/mol. The van der Waals surface area contributed by atoms with E-state index in [4.69, 9.17) is 9.47 Å². The van der Waals surface area contributed by atoms with E-state index in [0.717, 1.165) is 36.9 Å². The molecular formula is C18H25N3O3. The number of nitrogens with zero attached hydrogens (tertiary/aromatic N) is 2. The second-order valence-electron chi connectivity index (χ2n) is 6.12. The van der Waals surface area contributed by atoms with Gasteiger partial charge in [-0.3, -0.25) is 10.1 Å². The fourth-order valence-corrected chi connectivity index (χ4v) is 3.33. The Hall–Kier alpha value is -1.92. The van der Waals surface area contributed by atoms with Gasteiger partial charge in [0.2, 0.25) is 11.9 Å². The van der Waals surface area contributed by atoms with Gasteiger partial charge < -0.3 is 14.0 Å². The van der Waals surface area contributed by atoms with E-state index in [1.54, 1.807) is 7.11 Å². The zero-order chi connectivity index (χ0) is 16.9. The Bertz CT molecular complexity index is 698. The first-order valence-corrected chi connectivity index (χ1v) is 8.61. The van der Waals surface area contributed by atoms with E-state index < -0.39 is 0 Å². The van der Waals surface area contributed by atoms with Gasteiger partial charge in [0.25, 0.3) is 0 Å². The highest BCUT2D eigenvalue weighted by Gasteiger charge is 2.31. The molecule has 0 bridgehead atoms. The summed E-state index contributed by atoms with van der Waals surface area (Å²) in [5.41, 5.74) is 1.87. The standard InChI is InChI=1S/C18H25N3O3/c1-3-16-13(7-6-11-24-16)17(22)20-18-19-14-8-4-5-9-15(14)21(18)10-12-23-2/h4-5,8-9,13,16H,3,6-7,10-12H2,1-2H3,(H,19,20,22). The van der Waals surface area contributed by atoms with E-state index in [0.29, 0.717) is 19.1 Å². The number of hydrogen-bond acceptors (Lipinski definition) is 4. The molecule has 1 aliphatic heterocycles. The van der Waals surface area contributed by atoms with Crippen LogP contribution in [-0.2, 0) is 20.8 Å². The summed E-state index contributed by atoms with van der Waals surface area (Å²) >= 11 is 0. The van der Waals surface area contributed by atoms with Crippen LogP contribution in [0.3, 0.4) is 0 Å². The highest BCUT2D eigenvalue weighted by atomic mass is 16.5. The zero-order valence-electron chi connectivity index (χ0n) is 14.3. The largest absolute Gasteiger partial charge is 0.383 e. The summed E-state index contributed by atoms with van der Waals surface area (Å²) in [6, 6.07) is 7.88. The predicted octanol–water partition coefficient (Wildman–Crippen LogP) is 2.83. The molecule has 2 heterocycles. The topological polar surface area (TPSA) is 65.4 Å². The third kappa shape index (κ3) is 3.44. The van der Waals surface area contributed by atoms with Crippen molar-refractivity contribution in [2.75, 3.05) is 25.6 Å². The van der Waals surface area contributed by atoms with Crippen LogP contribution in [0, 0.1) is 5.92 Å². The first kappa shape index (κ1) is 16.9. The van der Waals surface area contributed by atoms with Crippen molar-refractivity contribution in [1.82, 2.24) is 9.55 Å². The van der Waals surface area contributed by atoms with E-state index in [1.165, 1.54) is 0 Å². The number of carbonyl (C=O) groups excluding carboxylic acids is 1. The molecule has 0 saturated carbocycles. The van der Waals surface area contributed by atoms with E-state index in [9.17, 15) is 4.79 Å². The molecule has 130 valence electrons.